The number of ether oxygens (including phenoxy) is 3. The molecule has 4 aliphatic rings. The van der Waals surface area contributed by atoms with E-state index < -0.39 is 5.72 Å². The number of hydrogen-bond donors (Lipinski definition) is 0. The standard InChI is InChI=1S/C22H27NO4/c24-20-10-9-18-16(8-11-21-25-13-14-26-21)7-4-12-22(18)23(20)19(15-27-22)17-5-2-1-3-6-17/h1-3,5-7,18-19,21H,4,8-15H2/t18-,19+,22-/m1/s1. The van der Waals surface area contributed by atoms with Gasteiger partial charge in [0.05, 0.1) is 25.9 Å². The second-order valence-electron chi connectivity index (χ2n) is 7.96. The normalized spacial score (nSPS) is 33.7. The zero-order chi connectivity index (χ0) is 18.3. The van der Waals surface area contributed by atoms with Crippen molar-refractivity contribution in [1.29, 1.82) is 0 Å². The van der Waals surface area contributed by atoms with E-state index in [9.17, 15) is 4.79 Å². The Kier molecular flexibility index (Phi) is 4.54. The number of piperidine rings is 1. The van der Waals surface area contributed by atoms with Crippen LogP contribution in [0.25, 0.3) is 0 Å². The molecule has 5 nitrogen and oxygen atoms in total. The third kappa shape index (κ3) is 2.93. The predicted octanol–water partition coefficient (Wildman–Crippen LogP) is 3.57. The van der Waals surface area contributed by atoms with Crippen LogP contribution in [0.3, 0.4) is 0 Å². The number of allylic oxidation sites excluding steroid dienone is 1. The van der Waals surface area contributed by atoms with Crippen molar-refractivity contribution < 1.29 is 19.0 Å². The summed E-state index contributed by atoms with van der Waals surface area (Å²) in [6, 6.07) is 10.4. The Bertz CT molecular complexity index is 727. The van der Waals surface area contributed by atoms with E-state index in [0.29, 0.717) is 32.2 Å². The van der Waals surface area contributed by atoms with E-state index in [1.165, 1.54) is 11.1 Å². The number of carbonyl (C=O) groups is 1. The van der Waals surface area contributed by atoms with Crippen molar-refractivity contribution in [2.45, 2.75) is 56.6 Å². The summed E-state index contributed by atoms with van der Waals surface area (Å²) in [5.74, 6) is 0.528. The van der Waals surface area contributed by atoms with Gasteiger partial charge in [0.15, 0.2) is 12.0 Å². The van der Waals surface area contributed by atoms with Crippen molar-refractivity contribution >= 4 is 5.91 Å². The molecule has 3 fully saturated rings. The smallest absolute Gasteiger partial charge is 0.225 e. The summed E-state index contributed by atoms with van der Waals surface area (Å²) in [5, 5.41) is 0. The lowest BCUT2D eigenvalue weighted by molar-refractivity contribution is -0.175. The first kappa shape index (κ1) is 17.4. The molecule has 0 aromatic heterocycles. The minimum atomic E-state index is -0.461. The molecule has 0 saturated carbocycles. The Hall–Kier alpha value is -1.69. The van der Waals surface area contributed by atoms with Crippen LogP contribution in [-0.2, 0) is 19.0 Å². The molecule has 0 unspecified atom stereocenters. The predicted molar refractivity (Wildman–Crippen MR) is 99.7 cm³/mol. The van der Waals surface area contributed by atoms with Gasteiger partial charge in [-0.3, -0.25) is 4.79 Å². The van der Waals surface area contributed by atoms with Crippen molar-refractivity contribution in [2.75, 3.05) is 19.8 Å². The van der Waals surface area contributed by atoms with Crippen molar-refractivity contribution in [2.24, 2.45) is 5.92 Å². The maximum atomic E-state index is 13.0. The molecule has 1 spiro atoms. The maximum absolute atomic E-state index is 13.0. The zero-order valence-electron chi connectivity index (χ0n) is 15.6. The van der Waals surface area contributed by atoms with Crippen molar-refractivity contribution in [3.8, 4) is 0 Å². The van der Waals surface area contributed by atoms with Gasteiger partial charge in [0.1, 0.15) is 0 Å². The monoisotopic (exact) mass is 369 g/mol. The van der Waals surface area contributed by atoms with Crippen LogP contribution in [0.2, 0.25) is 0 Å². The lowest BCUT2D eigenvalue weighted by Gasteiger charge is -2.50. The Balaban J connectivity index is 1.40. The van der Waals surface area contributed by atoms with Crippen LogP contribution < -0.4 is 0 Å². The highest BCUT2D eigenvalue weighted by Crippen LogP contribution is 2.53. The first-order valence-electron chi connectivity index (χ1n) is 10.2. The summed E-state index contributed by atoms with van der Waals surface area (Å²) in [6.45, 7) is 1.98. The van der Waals surface area contributed by atoms with E-state index in [0.717, 1.165) is 32.1 Å². The van der Waals surface area contributed by atoms with E-state index in [1.807, 2.05) is 18.2 Å². The molecule has 3 atom stereocenters. The third-order valence-corrected chi connectivity index (χ3v) is 6.57. The van der Waals surface area contributed by atoms with Crippen LogP contribution in [0.1, 0.15) is 50.1 Å². The van der Waals surface area contributed by atoms with Crippen LogP contribution in [0.15, 0.2) is 42.0 Å². The Labute approximate surface area is 160 Å². The minimum absolute atomic E-state index is 0.0300. The van der Waals surface area contributed by atoms with Gasteiger partial charge in [0.2, 0.25) is 5.91 Å². The van der Waals surface area contributed by atoms with Gasteiger partial charge in [-0.2, -0.15) is 0 Å². The lowest BCUT2D eigenvalue weighted by Crippen LogP contribution is -2.58. The molecule has 3 aliphatic heterocycles. The van der Waals surface area contributed by atoms with E-state index in [1.54, 1.807) is 0 Å². The van der Waals surface area contributed by atoms with Gasteiger partial charge in [-0.15, -0.1) is 0 Å². The molecule has 0 bridgehead atoms. The van der Waals surface area contributed by atoms with Gasteiger partial charge in [-0.05, 0) is 31.2 Å². The first-order valence-corrected chi connectivity index (χ1v) is 10.2. The third-order valence-electron chi connectivity index (χ3n) is 6.57. The molecule has 3 saturated heterocycles. The Morgan fingerprint density at radius 2 is 1.96 bits per heavy atom. The van der Waals surface area contributed by atoms with Crippen molar-refractivity contribution in [3.63, 3.8) is 0 Å². The van der Waals surface area contributed by atoms with Gasteiger partial charge in [0.25, 0.3) is 0 Å². The van der Waals surface area contributed by atoms with Crippen molar-refractivity contribution in [3.05, 3.63) is 47.5 Å². The summed E-state index contributed by atoms with van der Waals surface area (Å²) in [6.07, 6.45) is 7.48. The molecule has 1 aromatic carbocycles. The SMILES string of the molecule is O=C1CC[C@@H]2C(CCC3OCCO3)=CCC[C@@]23OC[C@@H](c2ccccc2)N13. The van der Waals surface area contributed by atoms with Gasteiger partial charge in [0, 0.05) is 18.8 Å². The molecule has 0 N–H and O–H groups in total. The summed E-state index contributed by atoms with van der Waals surface area (Å²) in [7, 11) is 0. The van der Waals surface area contributed by atoms with Crippen LogP contribution in [0.4, 0.5) is 0 Å². The fourth-order valence-electron chi connectivity index (χ4n) is 5.40. The van der Waals surface area contributed by atoms with Crippen LogP contribution in [0.5, 0.6) is 0 Å². The zero-order valence-corrected chi connectivity index (χ0v) is 15.6. The molecule has 1 amide bonds. The number of rotatable bonds is 4. The lowest BCUT2D eigenvalue weighted by atomic mass is 9.72. The van der Waals surface area contributed by atoms with E-state index in [2.05, 4.69) is 23.1 Å². The van der Waals surface area contributed by atoms with Crippen LogP contribution in [-0.4, -0.2) is 42.6 Å². The molecule has 1 aromatic rings. The van der Waals surface area contributed by atoms with Gasteiger partial charge in [-0.25, -0.2) is 0 Å². The molecular weight excluding hydrogens is 342 g/mol. The van der Waals surface area contributed by atoms with E-state index in [-0.39, 0.29) is 18.2 Å². The molecule has 27 heavy (non-hydrogen) atoms. The summed E-state index contributed by atoms with van der Waals surface area (Å²) >= 11 is 0. The van der Waals surface area contributed by atoms with Crippen molar-refractivity contribution in [1.82, 2.24) is 4.90 Å². The molecule has 1 aliphatic carbocycles. The highest BCUT2D eigenvalue weighted by atomic mass is 16.7. The number of carbonyl (C=O) groups excluding carboxylic acids is 1. The number of amides is 1. The quantitative estimate of drug-likeness (QED) is 0.762. The molecule has 0 radical (unpaired) electrons. The average Bonchev–Trinajstić information content (AvgIpc) is 3.35. The summed E-state index contributed by atoms with van der Waals surface area (Å²) in [5.41, 5.74) is 2.14. The fraction of sp³-hybridized carbons (Fsp3) is 0.591. The van der Waals surface area contributed by atoms with Crippen LogP contribution >= 0.6 is 0 Å². The maximum Gasteiger partial charge on any atom is 0.225 e. The van der Waals surface area contributed by atoms with E-state index in [4.69, 9.17) is 14.2 Å². The highest BCUT2D eigenvalue weighted by Gasteiger charge is 2.58. The summed E-state index contributed by atoms with van der Waals surface area (Å²) in [4.78, 5) is 15.1. The summed E-state index contributed by atoms with van der Waals surface area (Å²) < 4.78 is 17.7. The second kappa shape index (κ2) is 7.04. The topological polar surface area (TPSA) is 48.0 Å². The fourth-order valence-corrected chi connectivity index (χ4v) is 5.40. The first-order chi connectivity index (χ1) is 13.3. The Morgan fingerprint density at radius 3 is 2.78 bits per heavy atom. The van der Waals surface area contributed by atoms with Gasteiger partial charge < -0.3 is 19.1 Å². The molecule has 144 valence electrons. The molecule has 5 rings (SSSR count). The molecular formula is C22H27NO4. The van der Waals surface area contributed by atoms with E-state index >= 15 is 0 Å². The van der Waals surface area contributed by atoms with Crippen LogP contribution in [0, 0.1) is 5.92 Å². The number of hydrogen-bond acceptors (Lipinski definition) is 4. The average molecular weight is 369 g/mol. The van der Waals surface area contributed by atoms with Gasteiger partial charge in [-0.1, -0.05) is 42.0 Å². The number of benzene rings is 1. The van der Waals surface area contributed by atoms with Gasteiger partial charge >= 0.3 is 0 Å². The largest absolute Gasteiger partial charge is 0.352 e. The molecule has 5 heteroatoms. The number of nitrogens with zero attached hydrogens (tertiary/aromatic N) is 1. The highest BCUT2D eigenvalue weighted by molar-refractivity contribution is 5.79. The molecule has 3 heterocycles. The second-order valence-corrected chi connectivity index (χ2v) is 7.96. The Morgan fingerprint density at radius 1 is 1.15 bits per heavy atom. The minimum Gasteiger partial charge on any atom is -0.352 e.